The summed E-state index contributed by atoms with van der Waals surface area (Å²) in [5.74, 6) is 0.888. The quantitative estimate of drug-likeness (QED) is 0.922. The van der Waals surface area contributed by atoms with E-state index in [4.69, 9.17) is 10.3 Å². The summed E-state index contributed by atoms with van der Waals surface area (Å²) in [7, 11) is 0. The second kappa shape index (κ2) is 4.78. The van der Waals surface area contributed by atoms with Crippen molar-refractivity contribution < 1.29 is 4.52 Å². The Kier molecular flexibility index (Phi) is 3.49. The molecule has 0 aromatic carbocycles. The van der Waals surface area contributed by atoms with E-state index < -0.39 is 0 Å². The Bertz CT molecular complexity index is 530. The van der Waals surface area contributed by atoms with E-state index in [0.717, 1.165) is 4.47 Å². The molecule has 96 valence electrons. The number of nitrogens with two attached hydrogens (primary N) is 1. The molecular weight excluding hydrogens is 296 g/mol. The van der Waals surface area contributed by atoms with Crippen LogP contribution in [-0.2, 0) is 0 Å². The maximum atomic E-state index is 6.06. The van der Waals surface area contributed by atoms with Gasteiger partial charge in [0.15, 0.2) is 0 Å². The minimum absolute atomic E-state index is 0.128. The fraction of sp³-hybridized carbons (Fsp3) is 0.417. The summed E-state index contributed by atoms with van der Waals surface area (Å²) in [6.07, 6.45) is 1.69. The van der Waals surface area contributed by atoms with Gasteiger partial charge in [-0.15, -0.1) is 0 Å². The zero-order valence-corrected chi connectivity index (χ0v) is 12.1. The molecular formula is C12H15BrN4O. The summed E-state index contributed by atoms with van der Waals surface area (Å²) >= 11 is 3.33. The van der Waals surface area contributed by atoms with Gasteiger partial charge in [0.2, 0.25) is 11.7 Å². The van der Waals surface area contributed by atoms with Crippen molar-refractivity contribution in [2.24, 2.45) is 11.1 Å². The lowest BCUT2D eigenvalue weighted by Crippen LogP contribution is -2.26. The molecule has 0 spiro atoms. The van der Waals surface area contributed by atoms with Gasteiger partial charge in [-0.05, 0) is 33.5 Å². The third-order valence-corrected chi connectivity index (χ3v) is 3.07. The molecule has 2 rings (SSSR count). The van der Waals surface area contributed by atoms with Crippen molar-refractivity contribution in [1.29, 1.82) is 0 Å². The van der Waals surface area contributed by atoms with Crippen LogP contribution < -0.4 is 5.73 Å². The van der Waals surface area contributed by atoms with Crippen molar-refractivity contribution in [1.82, 2.24) is 15.1 Å². The van der Waals surface area contributed by atoms with Crippen LogP contribution in [0.5, 0.6) is 0 Å². The first-order valence-corrected chi connectivity index (χ1v) is 6.38. The Labute approximate surface area is 114 Å². The third-order valence-electron chi connectivity index (χ3n) is 2.60. The molecule has 1 atom stereocenters. The van der Waals surface area contributed by atoms with Crippen LogP contribution in [0.3, 0.4) is 0 Å². The summed E-state index contributed by atoms with van der Waals surface area (Å²) in [6.45, 7) is 6.08. The van der Waals surface area contributed by atoms with Crippen molar-refractivity contribution in [3.8, 4) is 11.5 Å². The molecule has 6 heteroatoms. The molecule has 0 aliphatic rings. The Hall–Kier alpha value is -1.27. The third kappa shape index (κ3) is 2.76. The Balaban J connectivity index is 2.28. The van der Waals surface area contributed by atoms with Gasteiger partial charge in [0.05, 0.1) is 6.04 Å². The molecule has 0 bridgehead atoms. The van der Waals surface area contributed by atoms with E-state index in [9.17, 15) is 0 Å². The molecule has 0 aliphatic heterocycles. The topological polar surface area (TPSA) is 77.8 Å². The van der Waals surface area contributed by atoms with Crippen molar-refractivity contribution in [2.75, 3.05) is 0 Å². The fourth-order valence-corrected chi connectivity index (χ4v) is 1.58. The number of pyridine rings is 1. The number of halogens is 1. The summed E-state index contributed by atoms with van der Waals surface area (Å²) in [4.78, 5) is 8.51. The predicted octanol–water partition coefficient (Wildman–Crippen LogP) is 2.94. The smallest absolute Gasteiger partial charge is 0.244 e. The van der Waals surface area contributed by atoms with Crippen LogP contribution in [-0.4, -0.2) is 15.1 Å². The van der Waals surface area contributed by atoms with Crippen LogP contribution in [0, 0.1) is 5.41 Å². The van der Waals surface area contributed by atoms with E-state index in [1.807, 2.05) is 32.9 Å². The average molecular weight is 311 g/mol. The van der Waals surface area contributed by atoms with Gasteiger partial charge in [-0.1, -0.05) is 25.9 Å². The number of hydrogen-bond donors (Lipinski definition) is 1. The fourth-order valence-electron chi connectivity index (χ4n) is 1.34. The Morgan fingerprint density at radius 2 is 2.06 bits per heavy atom. The molecule has 0 amide bonds. The molecule has 0 aliphatic carbocycles. The van der Waals surface area contributed by atoms with Gasteiger partial charge >= 0.3 is 0 Å². The second-order valence-corrected chi connectivity index (χ2v) is 6.08. The molecule has 1 unspecified atom stereocenters. The van der Waals surface area contributed by atoms with Crippen LogP contribution in [0.15, 0.2) is 27.3 Å². The highest BCUT2D eigenvalue weighted by Gasteiger charge is 2.27. The Morgan fingerprint density at radius 1 is 1.33 bits per heavy atom. The molecule has 0 radical (unpaired) electrons. The van der Waals surface area contributed by atoms with E-state index in [-0.39, 0.29) is 11.5 Å². The maximum absolute atomic E-state index is 6.06. The summed E-state index contributed by atoms with van der Waals surface area (Å²) < 4.78 is 6.10. The van der Waals surface area contributed by atoms with Gasteiger partial charge in [0.25, 0.3) is 0 Å². The monoisotopic (exact) mass is 310 g/mol. The van der Waals surface area contributed by atoms with E-state index in [2.05, 4.69) is 31.1 Å². The highest BCUT2D eigenvalue weighted by Crippen LogP contribution is 2.30. The van der Waals surface area contributed by atoms with Gasteiger partial charge in [-0.3, -0.25) is 4.98 Å². The van der Waals surface area contributed by atoms with E-state index in [1.165, 1.54) is 0 Å². The van der Waals surface area contributed by atoms with Crippen LogP contribution >= 0.6 is 15.9 Å². The number of nitrogens with zero attached hydrogens (tertiary/aromatic N) is 3. The van der Waals surface area contributed by atoms with Crippen LogP contribution in [0.25, 0.3) is 11.5 Å². The van der Waals surface area contributed by atoms with Gasteiger partial charge < -0.3 is 10.3 Å². The van der Waals surface area contributed by atoms with Crippen molar-refractivity contribution in [2.45, 2.75) is 26.8 Å². The van der Waals surface area contributed by atoms with Crippen molar-refractivity contribution >= 4 is 15.9 Å². The molecule has 2 heterocycles. The summed E-state index contributed by atoms with van der Waals surface area (Å²) in [5, 5.41) is 3.91. The maximum Gasteiger partial charge on any atom is 0.244 e. The van der Waals surface area contributed by atoms with Gasteiger partial charge in [-0.25, -0.2) is 0 Å². The van der Waals surface area contributed by atoms with Crippen molar-refractivity contribution in [3.63, 3.8) is 0 Å². The highest BCUT2D eigenvalue weighted by atomic mass is 79.9. The number of hydrogen-bond acceptors (Lipinski definition) is 5. The lowest BCUT2D eigenvalue weighted by atomic mass is 9.87. The number of aromatic nitrogens is 3. The molecule has 2 aromatic heterocycles. The molecule has 5 nitrogen and oxygen atoms in total. The molecule has 0 fully saturated rings. The van der Waals surface area contributed by atoms with E-state index in [1.54, 1.807) is 6.20 Å². The first-order valence-electron chi connectivity index (χ1n) is 5.59. The van der Waals surface area contributed by atoms with Crippen LogP contribution in [0.4, 0.5) is 0 Å². The standard InChI is InChI=1S/C12H15BrN4O/c1-12(2,3)9(14)11-16-10(17-18-11)8-5-4-7(13)6-15-8/h4-6,9H,14H2,1-3H3. The lowest BCUT2D eigenvalue weighted by molar-refractivity contribution is 0.253. The average Bonchev–Trinajstić information content (AvgIpc) is 2.77. The highest BCUT2D eigenvalue weighted by molar-refractivity contribution is 9.10. The normalized spacial score (nSPS) is 13.6. The minimum Gasteiger partial charge on any atom is -0.337 e. The van der Waals surface area contributed by atoms with E-state index >= 15 is 0 Å². The largest absolute Gasteiger partial charge is 0.337 e. The van der Waals surface area contributed by atoms with E-state index in [0.29, 0.717) is 17.4 Å². The predicted molar refractivity (Wildman–Crippen MR) is 71.6 cm³/mol. The van der Waals surface area contributed by atoms with Crippen LogP contribution in [0.1, 0.15) is 32.7 Å². The number of rotatable bonds is 2. The zero-order valence-electron chi connectivity index (χ0n) is 10.5. The van der Waals surface area contributed by atoms with Gasteiger partial charge in [0, 0.05) is 10.7 Å². The first-order chi connectivity index (χ1) is 8.38. The zero-order chi connectivity index (χ0) is 13.3. The molecule has 0 saturated heterocycles. The first kappa shape index (κ1) is 13.2. The molecule has 2 N–H and O–H groups in total. The van der Waals surface area contributed by atoms with Crippen LogP contribution in [0.2, 0.25) is 0 Å². The van der Waals surface area contributed by atoms with Crippen molar-refractivity contribution in [3.05, 3.63) is 28.7 Å². The SMILES string of the molecule is CC(C)(C)C(N)c1nc(-c2ccc(Br)cn2)no1. The Morgan fingerprint density at radius 3 is 2.61 bits per heavy atom. The molecule has 2 aromatic rings. The minimum atomic E-state index is -0.297. The van der Waals surface area contributed by atoms with Gasteiger partial charge in [0.1, 0.15) is 5.69 Å². The summed E-state index contributed by atoms with van der Waals surface area (Å²) in [6, 6.07) is 3.40. The second-order valence-electron chi connectivity index (χ2n) is 5.16. The summed E-state index contributed by atoms with van der Waals surface area (Å²) in [5.41, 5.74) is 6.60. The molecule has 18 heavy (non-hydrogen) atoms. The lowest BCUT2D eigenvalue weighted by Gasteiger charge is -2.23. The molecule has 0 saturated carbocycles. The van der Waals surface area contributed by atoms with Gasteiger partial charge in [-0.2, -0.15) is 4.98 Å².